The maximum atomic E-state index is 11.8. The summed E-state index contributed by atoms with van der Waals surface area (Å²) in [7, 11) is 0. The van der Waals surface area contributed by atoms with Crippen LogP contribution in [0.4, 0.5) is 13.2 Å². The summed E-state index contributed by atoms with van der Waals surface area (Å²) in [4.78, 5) is 11.3. The number of hydrogen-bond acceptors (Lipinski definition) is 2. The number of rotatable bonds is 3. The first-order chi connectivity index (χ1) is 6.40. The number of alkyl halides is 3. The van der Waals surface area contributed by atoms with E-state index in [9.17, 15) is 18.0 Å². The van der Waals surface area contributed by atoms with Crippen molar-refractivity contribution in [3.63, 3.8) is 0 Å². The molecule has 0 radical (unpaired) electrons. The molecule has 2 nitrogen and oxygen atoms in total. The summed E-state index contributed by atoms with van der Waals surface area (Å²) in [5, 5.41) is 0. The van der Waals surface area contributed by atoms with Gasteiger partial charge < -0.3 is 4.74 Å². The molecular weight excluding hydrogens is 197 g/mol. The highest BCUT2D eigenvalue weighted by Crippen LogP contribution is 2.26. The van der Waals surface area contributed by atoms with Crippen LogP contribution in [0.1, 0.15) is 26.2 Å². The molecule has 5 heteroatoms. The fourth-order valence-corrected chi connectivity index (χ4v) is 1.51. The smallest absolute Gasteiger partial charge is 0.370 e. The molecule has 0 aromatic carbocycles. The van der Waals surface area contributed by atoms with Crippen LogP contribution in [0.5, 0.6) is 0 Å². The Kier molecular flexibility index (Phi) is 3.53. The van der Waals surface area contributed by atoms with Gasteiger partial charge in [0, 0.05) is 13.0 Å². The Labute approximate surface area is 80.4 Å². The third kappa shape index (κ3) is 3.29. The van der Waals surface area contributed by atoms with Crippen LogP contribution in [-0.4, -0.2) is 24.7 Å². The SMILES string of the molecule is CC1CCOC1C(=O)CCC(F)(F)F. The topological polar surface area (TPSA) is 26.3 Å². The van der Waals surface area contributed by atoms with Crippen LogP contribution >= 0.6 is 0 Å². The maximum absolute atomic E-state index is 11.8. The summed E-state index contributed by atoms with van der Waals surface area (Å²) in [6.45, 7) is 2.30. The van der Waals surface area contributed by atoms with Gasteiger partial charge in [0.15, 0.2) is 5.78 Å². The molecule has 0 amide bonds. The zero-order valence-corrected chi connectivity index (χ0v) is 7.93. The van der Waals surface area contributed by atoms with Crippen LogP contribution in [-0.2, 0) is 9.53 Å². The average molecular weight is 210 g/mol. The van der Waals surface area contributed by atoms with Gasteiger partial charge in [0.25, 0.3) is 0 Å². The van der Waals surface area contributed by atoms with Gasteiger partial charge in [0.1, 0.15) is 6.10 Å². The van der Waals surface area contributed by atoms with E-state index in [1.165, 1.54) is 0 Å². The highest BCUT2D eigenvalue weighted by atomic mass is 19.4. The van der Waals surface area contributed by atoms with Gasteiger partial charge in [0.05, 0.1) is 6.42 Å². The Morgan fingerprint density at radius 2 is 2.14 bits per heavy atom. The number of ketones is 1. The van der Waals surface area contributed by atoms with Crippen molar-refractivity contribution in [2.45, 2.75) is 38.5 Å². The van der Waals surface area contributed by atoms with Crippen LogP contribution < -0.4 is 0 Å². The third-order valence-electron chi connectivity index (χ3n) is 2.36. The number of carbonyl (C=O) groups is 1. The molecule has 0 aliphatic carbocycles. The lowest BCUT2D eigenvalue weighted by atomic mass is 9.98. The van der Waals surface area contributed by atoms with Crippen LogP contribution in [0.3, 0.4) is 0 Å². The maximum Gasteiger partial charge on any atom is 0.389 e. The molecule has 0 aromatic rings. The van der Waals surface area contributed by atoms with Gasteiger partial charge in [-0.1, -0.05) is 6.92 Å². The monoisotopic (exact) mass is 210 g/mol. The first-order valence-corrected chi connectivity index (χ1v) is 4.61. The lowest BCUT2D eigenvalue weighted by Gasteiger charge is -2.13. The highest BCUT2D eigenvalue weighted by Gasteiger charge is 2.34. The molecule has 14 heavy (non-hydrogen) atoms. The molecule has 1 fully saturated rings. The minimum absolute atomic E-state index is 0.0516. The van der Waals surface area contributed by atoms with Crippen molar-refractivity contribution < 1.29 is 22.7 Å². The molecule has 1 aliphatic heterocycles. The zero-order chi connectivity index (χ0) is 10.8. The molecule has 2 atom stereocenters. The third-order valence-corrected chi connectivity index (χ3v) is 2.36. The molecule has 0 bridgehead atoms. The summed E-state index contributed by atoms with van der Waals surface area (Å²) in [5.74, 6) is -0.372. The lowest BCUT2D eigenvalue weighted by molar-refractivity contribution is -0.147. The van der Waals surface area contributed by atoms with Gasteiger partial charge in [-0.25, -0.2) is 0 Å². The largest absolute Gasteiger partial charge is 0.389 e. The van der Waals surface area contributed by atoms with E-state index in [0.717, 1.165) is 6.42 Å². The predicted molar refractivity (Wildman–Crippen MR) is 43.8 cm³/mol. The van der Waals surface area contributed by atoms with E-state index in [1.807, 2.05) is 6.92 Å². The van der Waals surface area contributed by atoms with Gasteiger partial charge in [-0.2, -0.15) is 13.2 Å². The van der Waals surface area contributed by atoms with Crippen LogP contribution in [0.25, 0.3) is 0 Å². The minimum Gasteiger partial charge on any atom is -0.370 e. The van der Waals surface area contributed by atoms with Crippen molar-refractivity contribution in [2.24, 2.45) is 5.92 Å². The summed E-state index contributed by atoms with van der Waals surface area (Å²) in [6.07, 6.45) is -5.62. The highest BCUT2D eigenvalue weighted by molar-refractivity contribution is 5.83. The lowest BCUT2D eigenvalue weighted by Crippen LogP contribution is -2.26. The van der Waals surface area contributed by atoms with E-state index in [1.54, 1.807) is 0 Å². The average Bonchev–Trinajstić information content (AvgIpc) is 2.46. The Hall–Kier alpha value is -0.580. The molecule has 0 saturated carbocycles. The number of Topliss-reactive ketones (excluding diaryl/α,β-unsaturated/α-hetero) is 1. The molecule has 1 rings (SSSR count). The molecular formula is C9H13F3O2. The molecule has 0 aromatic heterocycles. The first kappa shape index (κ1) is 11.5. The number of carbonyl (C=O) groups excluding carboxylic acids is 1. The van der Waals surface area contributed by atoms with E-state index in [-0.39, 0.29) is 5.92 Å². The Balaban J connectivity index is 2.35. The Morgan fingerprint density at radius 1 is 1.50 bits per heavy atom. The molecule has 1 saturated heterocycles. The molecule has 0 spiro atoms. The number of hydrogen-bond donors (Lipinski definition) is 0. The van der Waals surface area contributed by atoms with Crippen LogP contribution in [0.2, 0.25) is 0 Å². The first-order valence-electron chi connectivity index (χ1n) is 4.61. The van der Waals surface area contributed by atoms with E-state index >= 15 is 0 Å². The number of halogens is 3. The van der Waals surface area contributed by atoms with Gasteiger partial charge in [-0.3, -0.25) is 4.79 Å². The Morgan fingerprint density at radius 3 is 2.57 bits per heavy atom. The van der Waals surface area contributed by atoms with E-state index in [4.69, 9.17) is 4.74 Å². The fourth-order valence-electron chi connectivity index (χ4n) is 1.51. The summed E-state index contributed by atoms with van der Waals surface area (Å²) in [6, 6.07) is 0. The van der Waals surface area contributed by atoms with E-state index in [2.05, 4.69) is 0 Å². The Bertz CT molecular complexity index is 213. The molecule has 1 heterocycles. The second-order valence-corrected chi connectivity index (χ2v) is 3.64. The summed E-state index contributed by atoms with van der Waals surface area (Å²) < 4.78 is 40.5. The van der Waals surface area contributed by atoms with Crippen molar-refractivity contribution in [1.82, 2.24) is 0 Å². The minimum atomic E-state index is -4.25. The predicted octanol–water partition coefficient (Wildman–Crippen LogP) is 2.32. The van der Waals surface area contributed by atoms with E-state index < -0.39 is 30.9 Å². The van der Waals surface area contributed by atoms with Gasteiger partial charge in [-0.15, -0.1) is 0 Å². The van der Waals surface area contributed by atoms with Gasteiger partial charge in [0.2, 0.25) is 0 Å². The molecule has 0 N–H and O–H groups in total. The van der Waals surface area contributed by atoms with Crippen molar-refractivity contribution in [2.75, 3.05) is 6.61 Å². The molecule has 2 unspecified atom stereocenters. The second-order valence-electron chi connectivity index (χ2n) is 3.64. The standard InChI is InChI=1S/C9H13F3O2/c1-6-3-5-14-8(6)7(13)2-4-9(10,11)12/h6,8H,2-5H2,1H3. The molecule has 1 aliphatic rings. The van der Waals surface area contributed by atoms with Crippen molar-refractivity contribution >= 4 is 5.78 Å². The van der Waals surface area contributed by atoms with Crippen molar-refractivity contribution in [1.29, 1.82) is 0 Å². The number of ether oxygens (including phenoxy) is 1. The normalized spacial score (nSPS) is 28.0. The van der Waals surface area contributed by atoms with Gasteiger partial charge >= 0.3 is 6.18 Å². The summed E-state index contributed by atoms with van der Waals surface area (Å²) >= 11 is 0. The van der Waals surface area contributed by atoms with Gasteiger partial charge in [-0.05, 0) is 12.3 Å². The van der Waals surface area contributed by atoms with E-state index in [0.29, 0.717) is 6.61 Å². The van der Waals surface area contributed by atoms with Crippen LogP contribution in [0, 0.1) is 5.92 Å². The van der Waals surface area contributed by atoms with Crippen molar-refractivity contribution in [3.05, 3.63) is 0 Å². The van der Waals surface area contributed by atoms with Crippen molar-refractivity contribution in [3.8, 4) is 0 Å². The molecule has 82 valence electrons. The quantitative estimate of drug-likeness (QED) is 0.714. The second kappa shape index (κ2) is 4.29. The van der Waals surface area contributed by atoms with Crippen LogP contribution in [0.15, 0.2) is 0 Å². The summed E-state index contributed by atoms with van der Waals surface area (Å²) in [5.41, 5.74) is 0. The zero-order valence-electron chi connectivity index (χ0n) is 7.93. The fraction of sp³-hybridized carbons (Fsp3) is 0.889.